The third-order valence-corrected chi connectivity index (χ3v) is 2.94. The number of rotatable bonds is 5. The predicted molar refractivity (Wildman–Crippen MR) is 73.3 cm³/mol. The lowest BCUT2D eigenvalue weighted by Gasteiger charge is -2.08. The fourth-order valence-electron chi connectivity index (χ4n) is 2.14. The van der Waals surface area contributed by atoms with Crippen molar-refractivity contribution in [3.8, 4) is 0 Å². The molecule has 0 atom stereocenters. The second kappa shape index (κ2) is 5.38. The Bertz CT molecular complexity index is 602. The number of carboxylic acid groups (broad SMARTS) is 1. The number of aryl methyl sites for hydroxylation is 1. The van der Waals surface area contributed by atoms with E-state index < -0.39 is 5.97 Å². The highest BCUT2D eigenvalue weighted by Crippen LogP contribution is 2.20. The smallest absolute Gasteiger partial charge is 0.336 e. The number of carboxylic acids is 1. The molecule has 102 valence electrons. The van der Waals surface area contributed by atoms with E-state index in [1.165, 1.54) is 0 Å². The second-order valence-electron chi connectivity index (χ2n) is 5.17. The van der Waals surface area contributed by atoms with Crippen LogP contribution in [0.25, 0.3) is 11.0 Å². The largest absolute Gasteiger partial charge is 0.478 e. The van der Waals surface area contributed by atoms with Crippen molar-refractivity contribution in [2.45, 2.75) is 40.2 Å². The number of nitrogens with zero attached hydrogens (tertiary/aromatic N) is 3. The summed E-state index contributed by atoms with van der Waals surface area (Å²) in [5.41, 5.74) is 1.79. The molecular weight excluding hydrogens is 242 g/mol. The van der Waals surface area contributed by atoms with Gasteiger partial charge in [0.25, 0.3) is 0 Å². The lowest BCUT2D eigenvalue weighted by Crippen LogP contribution is -2.08. The summed E-state index contributed by atoms with van der Waals surface area (Å²) in [7, 11) is 0. The van der Waals surface area contributed by atoms with Gasteiger partial charge in [0, 0.05) is 12.2 Å². The third kappa shape index (κ3) is 2.75. The SMILES string of the molecule is CCCc1cc(C(=O)O)c2cnn(CC(C)C)c2n1. The normalized spacial score (nSPS) is 11.4. The molecule has 0 spiro atoms. The number of aromatic nitrogens is 3. The quantitative estimate of drug-likeness (QED) is 0.898. The molecule has 1 N–H and O–H groups in total. The topological polar surface area (TPSA) is 68.0 Å². The Morgan fingerprint density at radius 2 is 2.21 bits per heavy atom. The van der Waals surface area contributed by atoms with Crippen molar-refractivity contribution >= 4 is 17.0 Å². The first-order valence-corrected chi connectivity index (χ1v) is 6.61. The Morgan fingerprint density at radius 1 is 1.47 bits per heavy atom. The second-order valence-corrected chi connectivity index (χ2v) is 5.17. The van der Waals surface area contributed by atoms with Gasteiger partial charge in [0.15, 0.2) is 5.65 Å². The van der Waals surface area contributed by atoms with Crippen molar-refractivity contribution in [1.29, 1.82) is 0 Å². The number of pyridine rings is 1. The highest BCUT2D eigenvalue weighted by atomic mass is 16.4. The fourth-order valence-corrected chi connectivity index (χ4v) is 2.14. The molecule has 2 heterocycles. The van der Waals surface area contributed by atoms with Crippen LogP contribution >= 0.6 is 0 Å². The molecule has 0 bridgehead atoms. The Morgan fingerprint density at radius 3 is 2.79 bits per heavy atom. The summed E-state index contributed by atoms with van der Waals surface area (Å²) >= 11 is 0. The van der Waals surface area contributed by atoms with Gasteiger partial charge >= 0.3 is 5.97 Å². The summed E-state index contributed by atoms with van der Waals surface area (Å²) < 4.78 is 1.80. The maximum absolute atomic E-state index is 11.3. The standard InChI is InChI=1S/C14H19N3O2/c1-4-5-10-6-11(14(18)19)12-7-15-17(8-9(2)3)13(12)16-10/h6-7,9H,4-5,8H2,1-3H3,(H,18,19). The Hall–Kier alpha value is -1.91. The van der Waals surface area contributed by atoms with E-state index in [0.29, 0.717) is 22.5 Å². The van der Waals surface area contributed by atoms with Crippen LogP contribution in [-0.4, -0.2) is 25.8 Å². The zero-order valence-electron chi connectivity index (χ0n) is 11.6. The molecule has 0 saturated carbocycles. The van der Waals surface area contributed by atoms with Crippen molar-refractivity contribution in [3.63, 3.8) is 0 Å². The molecule has 0 aliphatic rings. The van der Waals surface area contributed by atoms with Crippen LogP contribution < -0.4 is 0 Å². The van der Waals surface area contributed by atoms with Crippen molar-refractivity contribution in [2.24, 2.45) is 5.92 Å². The minimum absolute atomic E-state index is 0.295. The van der Waals surface area contributed by atoms with Crippen LogP contribution in [0.4, 0.5) is 0 Å². The molecule has 0 saturated heterocycles. The summed E-state index contributed by atoms with van der Waals surface area (Å²) in [6, 6.07) is 1.66. The number of hydrogen-bond acceptors (Lipinski definition) is 3. The van der Waals surface area contributed by atoms with Gasteiger partial charge in [-0.05, 0) is 18.4 Å². The number of hydrogen-bond donors (Lipinski definition) is 1. The molecule has 2 aromatic rings. The minimum Gasteiger partial charge on any atom is -0.478 e. The van der Waals surface area contributed by atoms with Crippen LogP contribution in [0, 0.1) is 5.92 Å². The van der Waals surface area contributed by atoms with Crippen molar-refractivity contribution in [1.82, 2.24) is 14.8 Å². The number of fused-ring (bicyclic) bond motifs is 1. The highest BCUT2D eigenvalue weighted by Gasteiger charge is 2.16. The van der Waals surface area contributed by atoms with Crippen LogP contribution in [-0.2, 0) is 13.0 Å². The summed E-state index contributed by atoms with van der Waals surface area (Å²) in [5, 5.41) is 14.2. The molecule has 2 rings (SSSR count). The molecule has 0 aliphatic heterocycles. The molecule has 0 aromatic carbocycles. The van der Waals surface area contributed by atoms with Crippen LogP contribution in [0.1, 0.15) is 43.2 Å². The maximum atomic E-state index is 11.3. The molecular formula is C14H19N3O2. The average Bonchev–Trinajstić information content (AvgIpc) is 2.71. The van der Waals surface area contributed by atoms with E-state index in [0.717, 1.165) is 25.1 Å². The number of carbonyl (C=O) groups is 1. The van der Waals surface area contributed by atoms with E-state index in [4.69, 9.17) is 0 Å². The first-order chi connectivity index (χ1) is 9.02. The van der Waals surface area contributed by atoms with Gasteiger partial charge in [-0.3, -0.25) is 0 Å². The van der Waals surface area contributed by atoms with Gasteiger partial charge < -0.3 is 5.11 Å². The van der Waals surface area contributed by atoms with Crippen molar-refractivity contribution in [3.05, 3.63) is 23.5 Å². The summed E-state index contributed by atoms with van der Waals surface area (Å²) in [5.74, 6) is -0.484. The molecule has 0 fully saturated rings. The molecule has 5 heteroatoms. The lowest BCUT2D eigenvalue weighted by molar-refractivity contribution is 0.0699. The molecule has 0 aliphatic carbocycles. The minimum atomic E-state index is -0.922. The molecule has 0 unspecified atom stereocenters. The lowest BCUT2D eigenvalue weighted by atomic mass is 10.1. The summed E-state index contributed by atoms with van der Waals surface area (Å²) in [6.07, 6.45) is 3.32. The molecule has 5 nitrogen and oxygen atoms in total. The van der Waals surface area contributed by atoms with Crippen LogP contribution in [0.2, 0.25) is 0 Å². The van der Waals surface area contributed by atoms with Gasteiger partial charge in [-0.2, -0.15) is 5.10 Å². The predicted octanol–water partition coefficient (Wildman–Crippen LogP) is 2.74. The van der Waals surface area contributed by atoms with Crippen LogP contribution in [0.15, 0.2) is 12.3 Å². The van der Waals surface area contributed by atoms with Gasteiger partial charge in [-0.15, -0.1) is 0 Å². The van der Waals surface area contributed by atoms with E-state index in [2.05, 4.69) is 30.9 Å². The third-order valence-electron chi connectivity index (χ3n) is 2.94. The zero-order valence-corrected chi connectivity index (χ0v) is 11.6. The molecule has 19 heavy (non-hydrogen) atoms. The van der Waals surface area contributed by atoms with Crippen molar-refractivity contribution in [2.75, 3.05) is 0 Å². The van der Waals surface area contributed by atoms with E-state index in [1.807, 2.05) is 0 Å². The van der Waals surface area contributed by atoms with Gasteiger partial charge in [0.1, 0.15) is 0 Å². The molecule has 0 radical (unpaired) electrons. The monoisotopic (exact) mass is 261 g/mol. The van der Waals surface area contributed by atoms with Crippen molar-refractivity contribution < 1.29 is 9.90 Å². The fraction of sp³-hybridized carbons (Fsp3) is 0.500. The summed E-state index contributed by atoms with van der Waals surface area (Å²) in [4.78, 5) is 15.9. The first-order valence-electron chi connectivity index (χ1n) is 6.61. The van der Waals surface area contributed by atoms with Gasteiger partial charge in [0.05, 0.1) is 17.1 Å². The highest BCUT2D eigenvalue weighted by molar-refractivity contribution is 6.01. The van der Waals surface area contributed by atoms with E-state index >= 15 is 0 Å². The van der Waals surface area contributed by atoms with Crippen LogP contribution in [0.5, 0.6) is 0 Å². The molecule has 2 aromatic heterocycles. The maximum Gasteiger partial charge on any atom is 0.336 e. The van der Waals surface area contributed by atoms with Gasteiger partial charge in [-0.25, -0.2) is 14.5 Å². The Labute approximate surface area is 112 Å². The first kappa shape index (κ1) is 13.5. The summed E-state index contributed by atoms with van der Waals surface area (Å²) in [6.45, 7) is 6.99. The van der Waals surface area contributed by atoms with E-state index in [1.54, 1.807) is 16.9 Å². The van der Waals surface area contributed by atoms with Gasteiger partial charge in [-0.1, -0.05) is 27.2 Å². The Balaban J connectivity index is 2.60. The zero-order chi connectivity index (χ0) is 14.0. The van der Waals surface area contributed by atoms with Gasteiger partial charge in [0.2, 0.25) is 0 Å². The Kier molecular flexibility index (Phi) is 3.83. The van der Waals surface area contributed by atoms with Crippen LogP contribution in [0.3, 0.4) is 0 Å². The van der Waals surface area contributed by atoms with E-state index in [9.17, 15) is 9.90 Å². The van der Waals surface area contributed by atoms with E-state index in [-0.39, 0.29) is 0 Å². The molecule has 0 amide bonds. The average molecular weight is 261 g/mol. The number of aromatic carboxylic acids is 1.